The number of nitrogens with zero attached hydrogens (tertiary/aromatic N) is 1. The molecule has 1 atom stereocenters. The van der Waals surface area contributed by atoms with Crippen molar-refractivity contribution in [3.8, 4) is 5.75 Å². The fourth-order valence-electron chi connectivity index (χ4n) is 3.39. The standard InChI is InChI=1S/C21H25N3O3/c1-14-10-11-16(15(2)13-14)22-20(25)18-8-6-12-24(18)21(26)23-17-7-4-5-9-19(17)27-3/h4-5,7,9-11,13,18H,6,8,12H2,1-3H3,(H,22,25)(H,23,26)/t18-/m1/s1. The summed E-state index contributed by atoms with van der Waals surface area (Å²) in [5, 5.41) is 5.82. The Morgan fingerprint density at radius 1 is 1.07 bits per heavy atom. The highest BCUT2D eigenvalue weighted by Gasteiger charge is 2.34. The smallest absolute Gasteiger partial charge is 0.322 e. The Bertz CT molecular complexity index is 850. The fraction of sp³-hybridized carbons (Fsp3) is 0.333. The van der Waals surface area contributed by atoms with E-state index in [1.807, 2.05) is 44.2 Å². The van der Waals surface area contributed by atoms with Crippen molar-refractivity contribution in [3.63, 3.8) is 0 Å². The molecule has 6 heteroatoms. The van der Waals surface area contributed by atoms with E-state index in [1.54, 1.807) is 24.1 Å². The zero-order chi connectivity index (χ0) is 19.4. The molecule has 1 heterocycles. The fourth-order valence-corrected chi connectivity index (χ4v) is 3.39. The third-order valence-electron chi connectivity index (χ3n) is 4.80. The van der Waals surface area contributed by atoms with E-state index in [2.05, 4.69) is 10.6 Å². The molecule has 2 aromatic rings. The van der Waals surface area contributed by atoms with E-state index in [4.69, 9.17) is 4.74 Å². The van der Waals surface area contributed by atoms with Crippen LogP contribution in [0.25, 0.3) is 0 Å². The molecule has 0 unspecified atom stereocenters. The molecule has 0 saturated carbocycles. The Labute approximate surface area is 159 Å². The zero-order valence-corrected chi connectivity index (χ0v) is 15.9. The van der Waals surface area contributed by atoms with Gasteiger partial charge in [-0.2, -0.15) is 0 Å². The lowest BCUT2D eigenvalue weighted by Crippen LogP contribution is -2.45. The number of para-hydroxylation sites is 2. The molecule has 3 amide bonds. The van der Waals surface area contributed by atoms with Crippen molar-refractivity contribution < 1.29 is 14.3 Å². The van der Waals surface area contributed by atoms with Gasteiger partial charge in [-0.3, -0.25) is 4.79 Å². The summed E-state index contributed by atoms with van der Waals surface area (Å²) >= 11 is 0. The first-order chi connectivity index (χ1) is 13.0. The van der Waals surface area contributed by atoms with Gasteiger partial charge in [-0.05, 0) is 50.5 Å². The lowest BCUT2D eigenvalue weighted by molar-refractivity contribution is -0.119. The predicted molar refractivity (Wildman–Crippen MR) is 106 cm³/mol. The number of hydrogen-bond donors (Lipinski definition) is 2. The number of nitrogens with one attached hydrogen (secondary N) is 2. The summed E-state index contributed by atoms with van der Waals surface area (Å²) in [5.41, 5.74) is 3.52. The maximum Gasteiger partial charge on any atom is 0.322 e. The van der Waals surface area contributed by atoms with Gasteiger partial charge < -0.3 is 20.3 Å². The summed E-state index contributed by atoms with van der Waals surface area (Å²) in [6.07, 6.45) is 1.44. The highest BCUT2D eigenvalue weighted by Crippen LogP contribution is 2.26. The van der Waals surface area contributed by atoms with E-state index >= 15 is 0 Å². The normalized spacial score (nSPS) is 16.1. The predicted octanol–water partition coefficient (Wildman–Crippen LogP) is 3.95. The Balaban J connectivity index is 1.70. The topological polar surface area (TPSA) is 70.7 Å². The molecule has 0 aromatic heterocycles. The number of likely N-dealkylation sites (tertiary alicyclic amines) is 1. The highest BCUT2D eigenvalue weighted by molar-refractivity contribution is 6.00. The van der Waals surface area contributed by atoms with E-state index < -0.39 is 6.04 Å². The second-order valence-electron chi connectivity index (χ2n) is 6.79. The van der Waals surface area contributed by atoms with Gasteiger partial charge >= 0.3 is 6.03 Å². The van der Waals surface area contributed by atoms with E-state index in [1.165, 1.54) is 0 Å². The van der Waals surface area contributed by atoms with Crippen LogP contribution < -0.4 is 15.4 Å². The van der Waals surface area contributed by atoms with Crippen LogP contribution in [-0.2, 0) is 4.79 Å². The molecule has 1 aliphatic rings. The van der Waals surface area contributed by atoms with E-state index in [-0.39, 0.29) is 11.9 Å². The Morgan fingerprint density at radius 3 is 2.59 bits per heavy atom. The van der Waals surface area contributed by atoms with Crippen LogP contribution in [-0.4, -0.2) is 36.5 Å². The van der Waals surface area contributed by atoms with E-state index in [9.17, 15) is 9.59 Å². The monoisotopic (exact) mass is 367 g/mol. The molecule has 6 nitrogen and oxygen atoms in total. The maximum absolute atomic E-state index is 12.8. The van der Waals surface area contributed by atoms with Crippen molar-refractivity contribution in [2.75, 3.05) is 24.3 Å². The molecule has 3 rings (SSSR count). The second-order valence-corrected chi connectivity index (χ2v) is 6.79. The molecule has 2 aromatic carbocycles. The maximum atomic E-state index is 12.8. The van der Waals surface area contributed by atoms with Crippen LogP contribution in [0.1, 0.15) is 24.0 Å². The molecule has 1 aliphatic heterocycles. The third kappa shape index (κ3) is 4.22. The van der Waals surface area contributed by atoms with Crippen molar-refractivity contribution in [1.82, 2.24) is 4.90 Å². The van der Waals surface area contributed by atoms with Crippen LogP contribution in [0.2, 0.25) is 0 Å². The molecule has 1 saturated heterocycles. The van der Waals surface area contributed by atoms with Gasteiger partial charge in [0.1, 0.15) is 11.8 Å². The first kappa shape index (κ1) is 18.8. The van der Waals surface area contributed by atoms with Crippen molar-refractivity contribution in [2.45, 2.75) is 32.7 Å². The number of hydrogen-bond acceptors (Lipinski definition) is 3. The molecular formula is C21H25N3O3. The largest absolute Gasteiger partial charge is 0.495 e. The minimum Gasteiger partial charge on any atom is -0.495 e. The summed E-state index contributed by atoms with van der Waals surface area (Å²) in [7, 11) is 1.56. The first-order valence-electron chi connectivity index (χ1n) is 9.08. The molecular weight excluding hydrogens is 342 g/mol. The van der Waals surface area contributed by atoms with Gasteiger partial charge in [0.2, 0.25) is 5.91 Å². The highest BCUT2D eigenvalue weighted by atomic mass is 16.5. The van der Waals surface area contributed by atoms with Crippen LogP contribution in [0, 0.1) is 13.8 Å². The number of anilines is 2. The van der Waals surface area contributed by atoms with Crippen LogP contribution >= 0.6 is 0 Å². The van der Waals surface area contributed by atoms with Crippen molar-refractivity contribution in [3.05, 3.63) is 53.6 Å². The van der Waals surface area contributed by atoms with Crippen molar-refractivity contribution in [1.29, 1.82) is 0 Å². The third-order valence-corrected chi connectivity index (χ3v) is 4.80. The number of benzene rings is 2. The van der Waals surface area contributed by atoms with Gasteiger partial charge in [0.05, 0.1) is 12.8 Å². The number of carbonyl (C=O) groups is 2. The second kappa shape index (κ2) is 8.12. The van der Waals surface area contributed by atoms with Gasteiger partial charge in [-0.15, -0.1) is 0 Å². The minimum absolute atomic E-state index is 0.158. The molecule has 0 bridgehead atoms. The van der Waals surface area contributed by atoms with Gasteiger partial charge in [0.15, 0.2) is 0 Å². The summed E-state index contributed by atoms with van der Waals surface area (Å²) in [6, 6.07) is 12.3. The Kier molecular flexibility index (Phi) is 5.64. The zero-order valence-electron chi connectivity index (χ0n) is 15.9. The van der Waals surface area contributed by atoms with Gasteiger partial charge in [0.25, 0.3) is 0 Å². The van der Waals surface area contributed by atoms with Gasteiger partial charge in [-0.25, -0.2) is 4.79 Å². The van der Waals surface area contributed by atoms with Gasteiger partial charge in [-0.1, -0.05) is 29.8 Å². The molecule has 1 fully saturated rings. The van der Waals surface area contributed by atoms with Crippen molar-refractivity contribution in [2.24, 2.45) is 0 Å². The van der Waals surface area contributed by atoms with Crippen LogP contribution in [0.3, 0.4) is 0 Å². The molecule has 2 N–H and O–H groups in total. The summed E-state index contributed by atoms with van der Waals surface area (Å²) in [4.78, 5) is 27.1. The number of ether oxygens (including phenoxy) is 1. The van der Waals surface area contributed by atoms with Crippen molar-refractivity contribution >= 4 is 23.3 Å². The lowest BCUT2D eigenvalue weighted by Gasteiger charge is -2.25. The number of urea groups is 1. The molecule has 27 heavy (non-hydrogen) atoms. The summed E-state index contributed by atoms with van der Waals surface area (Å²) < 4.78 is 5.27. The molecule has 0 aliphatic carbocycles. The lowest BCUT2D eigenvalue weighted by atomic mass is 10.1. The number of rotatable bonds is 4. The molecule has 0 radical (unpaired) electrons. The average Bonchev–Trinajstić information content (AvgIpc) is 3.14. The van der Waals surface area contributed by atoms with E-state index in [0.29, 0.717) is 24.4 Å². The molecule has 0 spiro atoms. The molecule has 142 valence electrons. The first-order valence-corrected chi connectivity index (χ1v) is 9.08. The van der Waals surface area contributed by atoms with Crippen LogP contribution in [0.15, 0.2) is 42.5 Å². The number of methoxy groups -OCH3 is 1. The Morgan fingerprint density at radius 2 is 1.85 bits per heavy atom. The minimum atomic E-state index is -0.486. The average molecular weight is 367 g/mol. The number of aryl methyl sites for hydroxylation is 2. The summed E-state index contributed by atoms with van der Waals surface area (Å²) in [6.45, 7) is 4.52. The Hall–Kier alpha value is -3.02. The number of amides is 3. The summed E-state index contributed by atoms with van der Waals surface area (Å²) in [5.74, 6) is 0.427. The van der Waals surface area contributed by atoms with E-state index in [0.717, 1.165) is 23.2 Å². The van der Waals surface area contributed by atoms with Crippen LogP contribution in [0.5, 0.6) is 5.75 Å². The quantitative estimate of drug-likeness (QED) is 0.860. The van der Waals surface area contributed by atoms with Gasteiger partial charge in [0, 0.05) is 12.2 Å². The number of carbonyl (C=O) groups excluding carboxylic acids is 2. The van der Waals surface area contributed by atoms with Crippen LogP contribution in [0.4, 0.5) is 16.2 Å². The SMILES string of the molecule is COc1ccccc1NC(=O)N1CCC[C@@H]1C(=O)Nc1ccc(C)cc1C.